The maximum Gasteiger partial charge on any atom is 0.304 e. The molecular formula is C38H37BN4. The molecule has 0 radical (unpaired) electrons. The molecule has 0 spiro atoms. The molecular weight excluding hydrogens is 523 g/mol. The monoisotopic (exact) mass is 560 g/mol. The number of para-hydroxylation sites is 2. The van der Waals surface area contributed by atoms with E-state index < -0.39 is 6.15 Å². The van der Waals surface area contributed by atoms with Crippen molar-refractivity contribution in [2.24, 2.45) is 0 Å². The third-order valence-electron chi connectivity index (χ3n) is 8.23. The van der Waals surface area contributed by atoms with Crippen LogP contribution in [-0.2, 0) is 5.54 Å². The van der Waals surface area contributed by atoms with Crippen LogP contribution in [-0.4, -0.2) is 20.7 Å². The highest BCUT2D eigenvalue weighted by Crippen LogP contribution is 2.13. The van der Waals surface area contributed by atoms with Gasteiger partial charge in [0.05, 0.1) is 11.0 Å². The fourth-order valence-corrected chi connectivity index (χ4v) is 6.06. The molecule has 0 unspecified atom stereocenters. The average molecular weight is 561 g/mol. The summed E-state index contributed by atoms with van der Waals surface area (Å²) in [5.74, 6) is 0.846. The van der Waals surface area contributed by atoms with Gasteiger partial charge in [-0.3, -0.25) is 0 Å². The minimum atomic E-state index is -1.22. The summed E-state index contributed by atoms with van der Waals surface area (Å²) < 4.78 is 4.17. The molecule has 5 aromatic carbocycles. The first-order valence-corrected chi connectivity index (χ1v) is 14.9. The van der Waals surface area contributed by atoms with Crippen LogP contribution in [0.1, 0.15) is 20.8 Å². The van der Waals surface area contributed by atoms with Gasteiger partial charge in [-0.1, -0.05) is 133 Å². The summed E-state index contributed by atoms with van der Waals surface area (Å²) >= 11 is 0. The average Bonchev–Trinajstić information content (AvgIpc) is 3.72. The molecule has 0 saturated heterocycles. The molecule has 1 N–H and O–H groups in total. The summed E-state index contributed by atoms with van der Waals surface area (Å²) in [5.41, 5.74) is 7.48. The van der Waals surface area contributed by atoms with Gasteiger partial charge < -0.3 is 4.98 Å². The molecule has 0 atom stereocenters. The van der Waals surface area contributed by atoms with Gasteiger partial charge in [-0.25, -0.2) is 4.57 Å². The Morgan fingerprint density at radius 1 is 0.581 bits per heavy atom. The van der Waals surface area contributed by atoms with Crippen LogP contribution < -0.4 is 26.4 Å². The first kappa shape index (κ1) is 28.0. The van der Waals surface area contributed by atoms with Crippen molar-refractivity contribution >= 4 is 39.0 Å². The van der Waals surface area contributed by atoms with E-state index >= 15 is 0 Å². The van der Waals surface area contributed by atoms with Crippen LogP contribution in [0, 0.1) is 0 Å². The highest BCUT2D eigenvalue weighted by Gasteiger charge is 2.31. The first-order valence-electron chi connectivity index (χ1n) is 14.9. The van der Waals surface area contributed by atoms with Gasteiger partial charge in [-0.05, 0) is 32.9 Å². The van der Waals surface area contributed by atoms with Crippen LogP contribution in [0.2, 0.25) is 0 Å². The Balaban J connectivity index is 0.000000162. The van der Waals surface area contributed by atoms with Gasteiger partial charge in [0.15, 0.2) is 0 Å². The second-order valence-corrected chi connectivity index (χ2v) is 12.0. The fraction of sp³-hybridized carbons (Fsp3) is 0.105. The zero-order valence-electron chi connectivity index (χ0n) is 25.0. The van der Waals surface area contributed by atoms with E-state index in [4.69, 9.17) is 0 Å². The summed E-state index contributed by atoms with van der Waals surface area (Å²) in [7, 11) is 0. The molecule has 0 bridgehead atoms. The predicted octanol–water partition coefficient (Wildman–Crippen LogP) is 5.46. The maximum absolute atomic E-state index is 4.57. The lowest BCUT2D eigenvalue weighted by Crippen LogP contribution is -2.74. The number of imidazole rings is 2. The summed E-state index contributed by atoms with van der Waals surface area (Å²) in [4.78, 5) is 7.89. The Bertz CT molecular complexity index is 1690. The van der Waals surface area contributed by atoms with Gasteiger partial charge in [-0.15, -0.1) is 0 Å². The number of hydrogen-bond donors (Lipinski definition) is 1. The van der Waals surface area contributed by atoms with Gasteiger partial charge >= 0.3 is 5.95 Å². The largest absolute Gasteiger partial charge is 0.304 e. The molecule has 0 aliphatic rings. The van der Waals surface area contributed by atoms with E-state index in [9.17, 15) is 0 Å². The Labute approximate surface area is 254 Å². The van der Waals surface area contributed by atoms with E-state index in [1.807, 2.05) is 35.0 Å². The van der Waals surface area contributed by atoms with Crippen molar-refractivity contribution in [1.82, 2.24) is 14.5 Å². The second kappa shape index (κ2) is 12.0. The Morgan fingerprint density at radius 2 is 1.00 bits per heavy atom. The SMILES string of the molecule is CC(C)(C)[n+]1ccn(-c2nc3ccccc3[nH]2)c1.c1ccc([B-](c2ccccc2)(c2ccccc2)c2ccccc2)cc1. The molecule has 5 heteroatoms. The number of aromatic nitrogens is 4. The van der Waals surface area contributed by atoms with Crippen molar-refractivity contribution in [2.75, 3.05) is 0 Å². The first-order chi connectivity index (χ1) is 21.0. The van der Waals surface area contributed by atoms with Crippen molar-refractivity contribution in [3.8, 4) is 5.95 Å². The number of nitrogens with zero attached hydrogens (tertiary/aromatic N) is 3. The van der Waals surface area contributed by atoms with E-state index in [0.717, 1.165) is 17.0 Å². The zero-order valence-corrected chi connectivity index (χ0v) is 25.0. The highest BCUT2D eigenvalue weighted by molar-refractivity contribution is 7.19. The lowest BCUT2D eigenvalue weighted by atomic mass is 9.13. The van der Waals surface area contributed by atoms with E-state index in [1.54, 1.807) is 0 Å². The van der Waals surface area contributed by atoms with Gasteiger partial charge in [0.25, 0.3) is 6.33 Å². The summed E-state index contributed by atoms with van der Waals surface area (Å²) in [5, 5.41) is 0. The minimum absolute atomic E-state index is 0.0806. The summed E-state index contributed by atoms with van der Waals surface area (Å²) in [6.07, 6.45) is 4.92. The van der Waals surface area contributed by atoms with Crippen LogP contribution >= 0.6 is 0 Å². The Kier molecular flexibility index (Phi) is 7.80. The molecule has 7 rings (SSSR count). The lowest BCUT2D eigenvalue weighted by Gasteiger charge is -2.44. The molecule has 0 saturated carbocycles. The number of rotatable bonds is 5. The lowest BCUT2D eigenvalue weighted by molar-refractivity contribution is -0.753. The van der Waals surface area contributed by atoms with Gasteiger partial charge in [-0.2, -0.15) is 31.4 Å². The van der Waals surface area contributed by atoms with Crippen molar-refractivity contribution in [3.05, 3.63) is 164 Å². The maximum atomic E-state index is 4.57. The highest BCUT2D eigenvalue weighted by atomic mass is 15.2. The van der Waals surface area contributed by atoms with Crippen LogP contribution in [0.3, 0.4) is 0 Å². The van der Waals surface area contributed by atoms with Crippen molar-refractivity contribution in [3.63, 3.8) is 0 Å². The number of aromatic amines is 1. The van der Waals surface area contributed by atoms with E-state index in [-0.39, 0.29) is 5.54 Å². The molecule has 0 aliphatic carbocycles. The van der Waals surface area contributed by atoms with Crippen molar-refractivity contribution < 1.29 is 4.57 Å². The number of fused-ring (bicyclic) bond motifs is 1. The Hall–Kier alpha value is -5.16. The predicted molar refractivity (Wildman–Crippen MR) is 181 cm³/mol. The number of nitrogens with one attached hydrogen (secondary N) is 1. The second-order valence-electron chi connectivity index (χ2n) is 12.0. The number of H-pyrrole nitrogens is 1. The van der Waals surface area contributed by atoms with E-state index in [0.29, 0.717) is 0 Å². The van der Waals surface area contributed by atoms with Crippen molar-refractivity contribution in [2.45, 2.75) is 26.3 Å². The molecule has 0 fully saturated rings. The van der Waals surface area contributed by atoms with Gasteiger partial charge in [0.2, 0.25) is 0 Å². The molecule has 7 aromatic rings. The standard InChI is InChI=1S/C24H20B.C14H17N4/c1-5-13-21(14-6-1)25(22-15-7-2-8-16-22,23-17-9-3-10-18-23)24-19-11-4-12-20-24;1-14(2,3)18-9-8-17(10-18)13-15-11-6-4-5-7-12(11)16-13/h1-20H;4-10H,1-3H3,(H,15,16)/q-1;+1. The molecule has 0 aliphatic heterocycles. The quantitative estimate of drug-likeness (QED) is 0.220. The Morgan fingerprint density at radius 3 is 1.40 bits per heavy atom. The summed E-state index contributed by atoms with van der Waals surface area (Å²) in [6.45, 7) is 6.53. The third-order valence-corrected chi connectivity index (χ3v) is 8.23. The normalized spacial score (nSPS) is 11.6. The molecule has 43 heavy (non-hydrogen) atoms. The zero-order chi connectivity index (χ0) is 29.7. The fourth-order valence-electron chi connectivity index (χ4n) is 6.06. The van der Waals surface area contributed by atoms with Crippen LogP contribution in [0.4, 0.5) is 0 Å². The minimum Gasteiger partial charge on any atom is -0.303 e. The molecule has 4 nitrogen and oxygen atoms in total. The van der Waals surface area contributed by atoms with Gasteiger partial charge in [0, 0.05) is 0 Å². The number of hydrogen-bond acceptors (Lipinski definition) is 1. The molecule has 0 amide bonds. The molecule has 212 valence electrons. The van der Waals surface area contributed by atoms with E-state index in [1.165, 1.54) is 21.9 Å². The van der Waals surface area contributed by atoms with Crippen molar-refractivity contribution in [1.29, 1.82) is 0 Å². The van der Waals surface area contributed by atoms with Crippen LogP contribution in [0.25, 0.3) is 17.0 Å². The topological polar surface area (TPSA) is 37.5 Å². The van der Waals surface area contributed by atoms with Gasteiger partial charge in [0.1, 0.15) is 24.1 Å². The van der Waals surface area contributed by atoms with Crippen LogP contribution in [0.15, 0.2) is 164 Å². The summed E-state index contributed by atoms with van der Waals surface area (Å²) in [6, 6.07) is 51.6. The smallest absolute Gasteiger partial charge is 0.303 e. The van der Waals surface area contributed by atoms with E-state index in [2.05, 4.69) is 169 Å². The number of benzene rings is 5. The third kappa shape index (κ3) is 5.67. The van der Waals surface area contributed by atoms with Crippen LogP contribution in [0.5, 0.6) is 0 Å². The molecule has 2 aromatic heterocycles. The molecule has 2 heterocycles.